The summed E-state index contributed by atoms with van der Waals surface area (Å²) in [6.45, 7) is 3.10. The molecule has 0 aromatic heterocycles. The van der Waals surface area contributed by atoms with Crippen molar-refractivity contribution >= 4 is 5.97 Å². The second-order valence-corrected chi connectivity index (χ2v) is 14.7. The summed E-state index contributed by atoms with van der Waals surface area (Å²) < 4.78 is 13.6. The van der Waals surface area contributed by atoms with Crippen molar-refractivity contribution in [3.05, 3.63) is 108 Å². The first kappa shape index (κ1) is 43.4. The molecule has 3 rings (SSSR count). The van der Waals surface area contributed by atoms with E-state index >= 15 is 0 Å². The summed E-state index contributed by atoms with van der Waals surface area (Å²) in [5.41, 5.74) is 2.25. The average Bonchev–Trinajstić information content (AvgIpc) is 3.17. The van der Waals surface area contributed by atoms with Gasteiger partial charge in [0.05, 0.1) is 12.7 Å². The van der Waals surface area contributed by atoms with Gasteiger partial charge in [-0.3, -0.25) is 4.79 Å². The van der Waals surface area contributed by atoms with Crippen LogP contribution in [0.3, 0.4) is 0 Å². The highest BCUT2D eigenvalue weighted by atomic mass is 16.6. The summed E-state index contributed by atoms with van der Waals surface area (Å²) in [6, 6.07) is 31.2. The van der Waals surface area contributed by atoms with Crippen molar-refractivity contribution in [1.29, 1.82) is 0 Å². The number of unbranched alkanes of at least 4 members (excludes halogenated alkanes) is 18. The second kappa shape index (κ2) is 27.6. The van der Waals surface area contributed by atoms with Gasteiger partial charge in [0.2, 0.25) is 0 Å². The summed E-state index contributed by atoms with van der Waals surface area (Å²) >= 11 is 0. The Morgan fingerprint density at radius 3 is 1.37 bits per heavy atom. The van der Waals surface area contributed by atoms with E-state index in [0.717, 1.165) is 68.1 Å². The fraction of sp³-hybridized carbons (Fsp3) is 0.596. The molecule has 2 N–H and O–H groups in total. The summed E-state index contributed by atoms with van der Waals surface area (Å²) in [7, 11) is 0. The lowest BCUT2D eigenvalue weighted by Crippen LogP contribution is -2.40. The average molecular weight is 715 g/mol. The van der Waals surface area contributed by atoms with E-state index in [1.165, 1.54) is 77.0 Å². The number of carboxylic acid groups (broad SMARTS) is 1. The number of carboxylic acids is 1. The molecule has 288 valence electrons. The Hall–Kier alpha value is -2.99. The fourth-order valence-corrected chi connectivity index (χ4v) is 7.30. The number of rotatable bonds is 32. The zero-order valence-electron chi connectivity index (χ0n) is 32.4. The summed E-state index contributed by atoms with van der Waals surface area (Å²) in [6.07, 6.45) is 23.9. The maximum Gasteiger partial charge on any atom is 0.303 e. The molecule has 0 saturated carbocycles. The lowest BCUT2D eigenvalue weighted by Gasteiger charge is -2.37. The number of aliphatic carboxylic acids is 1. The minimum absolute atomic E-state index is 0.248. The van der Waals surface area contributed by atoms with Gasteiger partial charge in [-0.05, 0) is 36.0 Å². The lowest BCUT2D eigenvalue weighted by atomic mass is 9.80. The Morgan fingerprint density at radius 1 is 0.558 bits per heavy atom. The molecule has 0 aliphatic rings. The number of aliphatic hydroxyl groups is 1. The Morgan fingerprint density at radius 2 is 0.942 bits per heavy atom. The molecular formula is C47H70O5. The van der Waals surface area contributed by atoms with Gasteiger partial charge in [-0.1, -0.05) is 213 Å². The van der Waals surface area contributed by atoms with Crippen LogP contribution in [-0.2, 0) is 19.9 Å². The van der Waals surface area contributed by atoms with Gasteiger partial charge in [0.15, 0.2) is 0 Å². The standard InChI is InChI=1S/C47H70O5/c1-2-3-4-5-6-7-8-9-10-11-12-13-16-28-37-44(48)45(51-39-30-18-15-14-17-29-38-46(49)50)40-52-47(41-31-22-19-23-32-41,42-33-24-20-25-34-42)43-35-26-21-27-36-43/h19-27,31-36,44-45,48H,2-18,28-30,37-40H2,1H3,(H,49,50)/t44?,45-/m0/s1. The van der Waals surface area contributed by atoms with Crippen LogP contribution >= 0.6 is 0 Å². The van der Waals surface area contributed by atoms with E-state index in [-0.39, 0.29) is 13.0 Å². The molecule has 0 heterocycles. The van der Waals surface area contributed by atoms with E-state index < -0.39 is 23.8 Å². The van der Waals surface area contributed by atoms with Gasteiger partial charge >= 0.3 is 5.97 Å². The molecule has 5 nitrogen and oxygen atoms in total. The topological polar surface area (TPSA) is 76.0 Å². The largest absolute Gasteiger partial charge is 0.481 e. The van der Waals surface area contributed by atoms with Crippen molar-refractivity contribution < 1.29 is 24.5 Å². The number of benzene rings is 3. The van der Waals surface area contributed by atoms with E-state index in [9.17, 15) is 9.90 Å². The van der Waals surface area contributed by atoms with Crippen molar-refractivity contribution in [3.8, 4) is 0 Å². The van der Waals surface area contributed by atoms with Crippen LogP contribution in [0.5, 0.6) is 0 Å². The highest BCUT2D eigenvalue weighted by Gasteiger charge is 2.39. The van der Waals surface area contributed by atoms with Crippen molar-refractivity contribution in [2.75, 3.05) is 13.2 Å². The highest BCUT2D eigenvalue weighted by Crippen LogP contribution is 2.40. The van der Waals surface area contributed by atoms with Crippen molar-refractivity contribution in [2.24, 2.45) is 0 Å². The van der Waals surface area contributed by atoms with E-state index in [0.29, 0.717) is 13.0 Å². The Kier molecular flexibility index (Phi) is 23.0. The minimum atomic E-state index is -0.865. The Labute approximate surface area is 316 Å². The van der Waals surface area contributed by atoms with Gasteiger partial charge in [-0.15, -0.1) is 0 Å². The molecule has 2 atom stereocenters. The van der Waals surface area contributed by atoms with Crippen LogP contribution in [0.1, 0.15) is 165 Å². The smallest absolute Gasteiger partial charge is 0.303 e. The lowest BCUT2D eigenvalue weighted by molar-refractivity contribution is -0.137. The molecule has 0 bridgehead atoms. The third-order valence-electron chi connectivity index (χ3n) is 10.4. The number of ether oxygens (including phenoxy) is 2. The molecule has 0 aliphatic carbocycles. The van der Waals surface area contributed by atoms with Crippen LogP contribution in [0, 0.1) is 0 Å². The maximum absolute atomic E-state index is 11.6. The SMILES string of the molecule is CCCCCCCCCCCCCCCCC(O)[C@H](COC(c1ccccc1)(c1ccccc1)c1ccccc1)OCCCCCCCCC(=O)O. The fourth-order valence-electron chi connectivity index (χ4n) is 7.30. The number of carbonyl (C=O) groups is 1. The molecule has 3 aromatic carbocycles. The van der Waals surface area contributed by atoms with Crippen LogP contribution in [0.25, 0.3) is 0 Å². The first-order valence-electron chi connectivity index (χ1n) is 20.9. The molecule has 52 heavy (non-hydrogen) atoms. The van der Waals surface area contributed by atoms with Crippen LogP contribution in [0.2, 0.25) is 0 Å². The van der Waals surface area contributed by atoms with E-state index in [4.69, 9.17) is 14.6 Å². The molecule has 5 heteroatoms. The first-order chi connectivity index (χ1) is 25.6. The number of hydrogen-bond donors (Lipinski definition) is 2. The van der Waals surface area contributed by atoms with Gasteiger partial charge in [0, 0.05) is 13.0 Å². The Bertz CT molecular complexity index is 1170. The predicted octanol–water partition coefficient (Wildman–Crippen LogP) is 12.4. The van der Waals surface area contributed by atoms with Crippen molar-refractivity contribution in [1.82, 2.24) is 0 Å². The van der Waals surface area contributed by atoms with Crippen LogP contribution < -0.4 is 0 Å². The number of hydrogen-bond acceptors (Lipinski definition) is 4. The molecule has 0 fully saturated rings. The van der Waals surface area contributed by atoms with Crippen LogP contribution in [0.4, 0.5) is 0 Å². The molecule has 0 saturated heterocycles. The molecule has 0 radical (unpaired) electrons. The predicted molar refractivity (Wildman–Crippen MR) is 216 cm³/mol. The molecule has 0 spiro atoms. The van der Waals surface area contributed by atoms with Gasteiger partial charge in [-0.2, -0.15) is 0 Å². The highest BCUT2D eigenvalue weighted by molar-refractivity contribution is 5.66. The molecule has 0 amide bonds. The van der Waals surface area contributed by atoms with Crippen molar-refractivity contribution in [3.63, 3.8) is 0 Å². The number of aliphatic hydroxyl groups excluding tert-OH is 1. The van der Waals surface area contributed by atoms with Crippen LogP contribution in [0.15, 0.2) is 91.0 Å². The van der Waals surface area contributed by atoms with Crippen molar-refractivity contribution in [2.45, 2.75) is 166 Å². The molecular weight excluding hydrogens is 645 g/mol. The zero-order valence-corrected chi connectivity index (χ0v) is 32.4. The van der Waals surface area contributed by atoms with Gasteiger partial charge in [-0.25, -0.2) is 0 Å². The maximum atomic E-state index is 11.6. The van der Waals surface area contributed by atoms with Gasteiger partial charge in [0.1, 0.15) is 11.7 Å². The minimum Gasteiger partial charge on any atom is -0.481 e. The quantitative estimate of drug-likeness (QED) is 0.0497. The molecule has 0 aliphatic heterocycles. The summed E-state index contributed by atoms with van der Waals surface area (Å²) in [5.74, 6) is -0.717. The molecule has 1 unspecified atom stereocenters. The third-order valence-corrected chi connectivity index (χ3v) is 10.4. The first-order valence-corrected chi connectivity index (χ1v) is 20.9. The van der Waals surface area contributed by atoms with Gasteiger partial charge < -0.3 is 19.7 Å². The summed E-state index contributed by atoms with van der Waals surface area (Å²) in [4.78, 5) is 10.8. The van der Waals surface area contributed by atoms with E-state index in [2.05, 4.69) is 79.7 Å². The van der Waals surface area contributed by atoms with Gasteiger partial charge in [0.25, 0.3) is 0 Å². The normalized spacial score (nSPS) is 12.9. The van der Waals surface area contributed by atoms with E-state index in [1.54, 1.807) is 0 Å². The summed E-state index contributed by atoms with van der Waals surface area (Å²) in [5, 5.41) is 20.5. The monoisotopic (exact) mass is 715 g/mol. The van der Waals surface area contributed by atoms with E-state index in [1.807, 2.05) is 18.2 Å². The Balaban J connectivity index is 1.57. The molecule has 3 aromatic rings. The zero-order chi connectivity index (χ0) is 37.0. The second-order valence-electron chi connectivity index (χ2n) is 14.7. The van der Waals surface area contributed by atoms with Crippen LogP contribution in [-0.4, -0.2) is 41.6 Å². The third kappa shape index (κ3) is 16.8.